The Bertz CT molecular complexity index is 827. The molecule has 124 valence electrons. The number of aromatic amines is 1. The first-order chi connectivity index (χ1) is 11.6. The van der Waals surface area contributed by atoms with E-state index < -0.39 is 0 Å². The molecule has 1 heterocycles. The van der Waals surface area contributed by atoms with Gasteiger partial charge in [0.05, 0.1) is 5.52 Å². The van der Waals surface area contributed by atoms with Gasteiger partial charge in [-0.1, -0.05) is 30.3 Å². The molecule has 1 aromatic heterocycles. The van der Waals surface area contributed by atoms with Crippen molar-refractivity contribution in [2.24, 2.45) is 0 Å². The summed E-state index contributed by atoms with van der Waals surface area (Å²) in [7, 11) is 0. The zero-order valence-electron chi connectivity index (χ0n) is 13.7. The first-order valence-electron chi connectivity index (χ1n) is 7.84. The number of benzene rings is 2. The van der Waals surface area contributed by atoms with Crippen LogP contribution >= 0.6 is 0 Å². The lowest BCUT2D eigenvalue weighted by molar-refractivity contribution is 0.250. The van der Waals surface area contributed by atoms with E-state index in [1.807, 2.05) is 62.4 Å². The molecule has 24 heavy (non-hydrogen) atoms. The Balaban J connectivity index is 1.74. The van der Waals surface area contributed by atoms with Crippen LogP contribution in [0.4, 0.5) is 10.6 Å². The maximum Gasteiger partial charge on any atom is 0.320 e. The third-order valence-electron chi connectivity index (χ3n) is 3.43. The van der Waals surface area contributed by atoms with Crippen molar-refractivity contribution in [3.05, 3.63) is 54.1 Å². The number of urea groups is 1. The number of carbonyl (C=O) groups is 1. The van der Waals surface area contributed by atoms with E-state index in [9.17, 15) is 4.79 Å². The standard InChI is InChI=1S/C18H20N4O2/c1-12(2)19-18(23)20-17-15-10-14(8-9-16(15)21-22-17)24-11-13-6-4-3-5-7-13/h3-10,12H,11H2,1-2H3,(H3,19,20,21,22,23). The van der Waals surface area contributed by atoms with Crippen LogP contribution in [-0.2, 0) is 6.61 Å². The molecule has 0 bridgehead atoms. The van der Waals surface area contributed by atoms with E-state index >= 15 is 0 Å². The molecule has 3 aromatic rings. The molecule has 6 heteroatoms. The van der Waals surface area contributed by atoms with Gasteiger partial charge in [-0.05, 0) is 37.6 Å². The van der Waals surface area contributed by atoms with E-state index in [2.05, 4.69) is 20.8 Å². The third-order valence-corrected chi connectivity index (χ3v) is 3.43. The lowest BCUT2D eigenvalue weighted by Gasteiger charge is -2.09. The van der Waals surface area contributed by atoms with E-state index in [-0.39, 0.29) is 12.1 Å². The maximum absolute atomic E-state index is 11.9. The molecular weight excluding hydrogens is 304 g/mol. The van der Waals surface area contributed by atoms with Crippen LogP contribution in [0.5, 0.6) is 5.75 Å². The molecule has 0 saturated carbocycles. The summed E-state index contributed by atoms with van der Waals surface area (Å²) in [6.07, 6.45) is 0. The van der Waals surface area contributed by atoms with Gasteiger partial charge in [-0.3, -0.25) is 10.4 Å². The Hall–Kier alpha value is -3.02. The van der Waals surface area contributed by atoms with Gasteiger partial charge >= 0.3 is 6.03 Å². The van der Waals surface area contributed by atoms with Crippen molar-refractivity contribution in [2.75, 3.05) is 5.32 Å². The highest BCUT2D eigenvalue weighted by molar-refractivity contribution is 5.99. The zero-order chi connectivity index (χ0) is 16.9. The first kappa shape index (κ1) is 15.9. The Morgan fingerprint density at radius 1 is 1.21 bits per heavy atom. The number of anilines is 1. The Morgan fingerprint density at radius 3 is 2.75 bits per heavy atom. The zero-order valence-corrected chi connectivity index (χ0v) is 13.7. The van der Waals surface area contributed by atoms with Gasteiger partial charge in [0.15, 0.2) is 5.82 Å². The van der Waals surface area contributed by atoms with Crippen LogP contribution in [0.25, 0.3) is 10.9 Å². The summed E-state index contributed by atoms with van der Waals surface area (Å²) in [6, 6.07) is 15.4. The molecule has 0 aliphatic carbocycles. The minimum absolute atomic E-state index is 0.0555. The number of nitrogens with zero attached hydrogens (tertiary/aromatic N) is 1. The predicted molar refractivity (Wildman–Crippen MR) is 94.2 cm³/mol. The molecule has 0 spiro atoms. The van der Waals surface area contributed by atoms with Gasteiger partial charge in [-0.2, -0.15) is 5.10 Å². The first-order valence-corrected chi connectivity index (χ1v) is 7.84. The summed E-state index contributed by atoms with van der Waals surface area (Å²) in [5.41, 5.74) is 1.93. The maximum atomic E-state index is 11.9. The lowest BCUT2D eigenvalue weighted by Crippen LogP contribution is -2.34. The van der Waals surface area contributed by atoms with Gasteiger partial charge in [0.2, 0.25) is 0 Å². The summed E-state index contributed by atoms with van der Waals surface area (Å²) in [5, 5.41) is 13.4. The molecule has 0 unspecified atom stereocenters. The summed E-state index contributed by atoms with van der Waals surface area (Å²) >= 11 is 0. The molecule has 0 aliphatic rings. The number of H-pyrrole nitrogens is 1. The number of aromatic nitrogens is 2. The fourth-order valence-corrected chi connectivity index (χ4v) is 2.32. The van der Waals surface area contributed by atoms with Crippen LogP contribution in [0.2, 0.25) is 0 Å². The van der Waals surface area contributed by atoms with Crippen molar-refractivity contribution in [1.29, 1.82) is 0 Å². The van der Waals surface area contributed by atoms with E-state index in [1.165, 1.54) is 0 Å². The van der Waals surface area contributed by atoms with Crippen LogP contribution < -0.4 is 15.4 Å². The molecule has 0 atom stereocenters. The van der Waals surface area contributed by atoms with Gasteiger partial charge in [0.25, 0.3) is 0 Å². The van der Waals surface area contributed by atoms with Crippen molar-refractivity contribution in [3.8, 4) is 5.75 Å². The second-order valence-electron chi connectivity index (χ2n) is 5.81. The lowest BCUT2D eigenvalue weighted by atomic mass is 10.2. The Labute approximate surface area is 140 Å². The Kier molecular flexibility index (Phi) is 4.65. The minimum Gasteiger partial charge on any atom is -0.489 e. The molecule has 0 radical (unpaired) electrons. The topological polar surface area (TPSA) is 79.0 Å². The van der Waals surface area contributed by atoms with E-state index in [0.29, 0.717) is 12.4 Å². The average Bonchev–Trinajstić information content (AvgIpc) is 2.95. The van der Waals surface area contributed by atoms with Crippen LogP contribution in [-0.4, -0.2) is 22.3 Å². The smallest absolute Gasteiger partial charge is 0.320 e. The molecule has 3 N–H and O–H groups in total. The molecule has 0 aliphatic heterocycles. The molecule has 6 nitrogen and oxygen atoms in total. The second-order valence-corrected chi connectivity index (χ2v) is 5.81. The van der Waals surface area contributed by atoms with Crippen molar-refractivity contribution in [3.63, 3.8) is 0 Å². The molecule has 0 saturated heterocycles. The van der Waals surface area contributed by atoms with Crippen molar-refractivity contribution < 1.29 is 9.53 Å². The van der Waals surface area contributed by atoms with E-state index in [0.717, 1.165) is 22.2 Å². The fourth-order valence-electron chi connectivity index (χ4n) is 2.32. The minimum atomic E-state index is -0.283. The third kappa shape index (κ3) is 3.84. The molecule has 3 rings (SSSR count). The van der Waals surface area contributed by atoms with Gasteiger partial charge in [-0.25, -0.2) is 4.79 Å². The largest absolute Gasteiger partial charge is 0.489 e. The summed E-state index contributed by atoms with van der Waals surface area (Å²) in [6.45, 7) is 4.29. The SMILES string of the molecule is CC(C)NC(=O)Nc1n[nH]c2ccc(OCc3ccccc3)cc12. The quantitative estimate of drug-likeness (QED) is 0.670. The van der Waals surface area contributed by atoms with E-state index in [4.69, 9.17) is 4.74 Å². The van der Waals surface area contributed by atoms with Gasteiger partial charge in [0.1, 0.15) is 12.4 Å². The van der Waals surface area contributed by atoms with Crippen LogP contribution in [0.1, 0.15) is 19.4 Å². The highest BCUT2D eigenvalue weighted by Crippen LogP contribution is 2.25. The highest BCUT2D eigenvalue weighted by atomic mass is 16.5. The molecule has 0 fully saturated rings. The molecular formula is C18H20N4O2. The van der Waals surface area contributed by atoms with E-state index in [1.54, 1.807) is 0 Å². The number of amides is 2. The van der Waals surface area contributed by atoms with Crippen molar-refractivity contribution >= 4 is 22.8 Å². The average molecular weight is 324 g/mol. The highest BCUT2D eigenvalue weighted by Gasteiger charge is 2.11. The molecule has 2 aromatic carbocycles. The van der Waals surface area contributed by atoms with Gasteiger partial charge in [-0.15, -0.1) is 0 Å². The van der Waals surface area contributed by atoms with Gasteiger partial charge in [0, 0.05) is 11.4 Å². The second kappa shape index (κ2) is 7.04. The summed E-state index contributed by atoms with van der Waals surface area (Å²) in [4.78, 5) is 11.9. The number of carbonyl (C=O) groups excluding carboxylic acids is 1. The van der Waals surface area contributed by atoms with Gasteiger partial charge < -0.3 is 10.1 Å². The number of hydrogen-bond acceptors (Lipinski definition) is 3. The monoisotopic (exact) mass is 324 g/mol. The van der Waals surface area contributed by atoms with Crippen molar-refractivity contribution in [1.82, 2.24) is 15.5 Å². The number of hydrogen-bond donors (Lipinski definition) is 3. The van der Waals surface area contributed by atoms with Crippen molar-refractivity contribution in [2.45, 2.75) is 26.5 Å². The fraction of sp³-hybridized carbons (Fsp3) is 0.222. The number of fused-ring (bicyclic) bond motifs is 1. The number of ether oxygens (including phenoxy) is 1. The summed E-state index contributed by atoms with van der Waals surface area (Å²) in [5.74, 6) is 1.20. The number of nitrogens with one attached hydrogen (secondary N) is 3. The molecule has 2 amide bonds. The van der Waals surface area contributed by atoms with Crippen LogP contribution in [0, 0.1) is 0 Å². The normalized spacial score (nSPS) is 10.8. The van der Waals surface area contributed by atoms with Crippen LogP contribution in [0.3, 0.4) is 0 Å². The predicted octanol–water partition coefficient (Wildman–Crippen LogP) is 3.67. The summed E-state index contributed by atoms with van der Waals surface area (Å²) < 4.78 is 5.82. The number of rotatable bonds is 5. The Morgan fingerprint density at radius 2 is 2.00 bits per heavy atom. The van der Waals surface area contributed by atoms with Crippen LogP contribution in [0.15, 0.2) is 48.5 Å².